The normalized spacial score (nSPS) is 27.7. The lowest BCUT2D eigenvalue weighted by Gasteiger charge is -2.21. The molecule has 8 nitrogen and oxygen atoms in total. The van der Waals surface area contributed by atoms with Gasteiger partial charge in [0.05, 0.1) is 12.6 Å². The zero-order valence-corrected chi connectivity index (χ0v) is 14.9. The fraction of sp³-hybridized carbons (Fsp3) is 0.611. The number of hydrogen-bond acceptors (Lipinski definition) is 5. The maximum atomic E-state index is 12.7. The Morgan fingerprint density at radius 2 is 2.35 bits per heavy atom. The summed E-state index contributed by atoms with van der Waals surface area (Å²) in [6.45, 7) is 2.31. The maximum Gasteiger partial charge on any atom is 0.270 e. The second-order valence-corrected chi connectivity index (χ2v) is 7.32. The van der Waals surface area contributed by atoms with E-state index in [1.165, 1.54) is 0 Å². The number of amides is 2. The zero-order chi connectivity index (χ0) is 18.1. The van der Waals surface area contributed by atoms with Crippen LogP contribution in [0, 0.1) is 0 Å². The molecule has 1 spiro atoms. The molecule has 0 radical (unpaired) electrons. The van der Waals surface area contributed by atoms with E-state index >= 15 is 0 Å². The molecule has 0 unspecified atom stereocenters. The molecule has 3 aliphatic heterocycles. The summed E-state index contributed by atoms with van der Waals surface area (Å²) >= 11 is 0. The fourth-order valence-corrected chi connectivity index (χ4v) is 3.84. The van der Waals surface area contributed by atoms with Gasteiger partial charge in [0.25, 0.3) is 11.8 Å². The van der Waals surface area contributed by atoms with Gasteiger partial charge in [0.15, 0.2) is 5.60 Å². The molecule has 2 atom stereocenters. The molecule has 0 aromatic carbocycles. The predicted molar refractivity (Wildman–Crippen MR) is 93.8 cm³/mol. The van der Waals surface area contributed by atoms with Crippen LogP contribution in [0.5, 0.6) is 0 Å². The van der Waals surface area contributed by atoms with Crippen molar-refractivity contribution in [1.29, 1.82) is 0 Å². The summed E-state index contributed by atoms with van der Waals surface area (Å²) in [5.41, 5.74) is 0.476. The number of ether oxygens (including phenoxy) is 1. The SMILES string of the molecule is Cn1cccc1C(=O)N1CC[C@]2(CC(C(=O)NC[C@H]3CCCO3)=NO2)C1. The highest BCUT2D eigenvalue weighted by Gasteiger charge is 2.48. The van der Waals surface area contributed by atoms with Crippen LogP contribution in [0.1, 0.15) is 36.2 Å². The van der Waals surface area contributed by atoms with Crippen molar-refractivity contribution in [3.63, 3.8) is 0 Å². The summed E-state index contributed by atoms with van der Waals surface area (Å²) in [5, 5.41) is 6.89. The Morgan fingerprint density at radius 3 is 3.08 bits per heavy atom. The van der Waals surface area contributed by atoms with Gasteiger partial charge in [-0.15, -0.1) is 0 Å². The number of nitrogens with one attached hydrogen (secondary N) is 1. The van der Waals surface area contributed by atoms with Crippen LogP contribution < -0.4 is 5.32 Å². The second kappa shape index (κ2) is 6.75. The van der Waals surface area contributed by atoms with Crippen LogP contribution in [0.25, 0.3) is 0 Å². The first-order valence-corrected chi connectivity index (χ1v) is 9.12. The molecule has 1 aromatic heterocycles. The monoisotopic (exact) mass is 360 g/mol. The van der Waals surface area contributed by atoms with Gasteiger partial charge in [-0.25, -0.2) is 0 Å². The van der Waals surface area contributed by atoms with Crippen molar-refractivity contribution in [3.8, 4) is 0 Å². The summed E-state index contributed by atoms with van der Waals surface area (Å²) in [4.78, 5) is 32.4. The summed E-state index contributed by atoms with van der Waals surface area (Å²) in [5.74, 6) is -0.223. The minimum absolute atomic E-state index is 0.0192. The number of aromatic nitrogens is 1. The van der Waals surface area contributed by atoms with E-state index in [1.54, 1.807) is 4.90 Å². The minimum Gasteiger partial charge on any atom is -0.386 e. The van der Waals surface area contributed by atoms with E-state index in [0.717, 1.165) is 19.4 Å². The Labute approximate surface area is 152 Å². The van der Waals surface area contributed by atoms with Crippen molar-refractivity contribution < 1.29 is 19.2 Å². The van der Waals surface area contributed by atoms with E-state index in [2.05, 4.69) is 10.5 Å². The third-order valence-electron chi connectivity index (χ3n) is 5.38. The minimum atomic E-state index is -0.572. The molecule has 140 valence electrons. The molecule has 0 bridgehead atoms. The first-order chi connectivity index (χ1) is 12.6. The van der Waals surface area contributed by atoms with Gasteiger partial charge < -0.3 is 24.4 Å². The van der Waals surface area contributed by atoms with Gasteiger partial charge in [-0.3, -0.25) is 9.59 Å². The number of carbonyl (C=O) groups is 2. The van der Waals surface area contributed by atoms with Gasteiger partial charge in [-0.05, 0) is 25.0 Å². The van der Waals surface area contributed by atoms with Crippen LogP contribution in [0.2, 0.25) is 0 Å². The predicted octanol–water partition coefficient (Wildman–Crippen LogP) is 0.681. The van der Waals surface area contributed by atoms with Crippen LogP contribution in [0.4, 0.5) is 0 Å². The summed E-state index contributed by atoms with van der Waals surface area (Å²) in [7, 11) is 1.85. The van der Waals surface area contributed by atoms with Gasteiger partial charge in [0.2, 0.25) is 0 Å². The molecule has 8 heteroatoms. The molecule has 4 rings (SSSR count). The largest absolute Gasteiger partial charge is 0.386 e. The molecule has 0 aliphatic carbocycles. The number of likely N-dealkylation sites (tertiary alicyclic amines) is 1. The molecule has 3 aliphatic rings. The average Bonchev–Trinajstić information content (AvgIpc) is 3.42. The highest BCUT2D eigenvalue weighted by Crippen LogP contribution is 2.34. The topological polar surface area (TPSA) is 85.2 Å². The van der Waals surface area contributed by atoms with Crippen LogP contribution in [0.15, 0.2) is 23.5 Å². The zero-order valence-electron chi connectivity index (χ0n) is 14.9. The standard InChI is InChI=1S/C18H24N4O4/c1-21-7-2-5-15(21)17(24)22-8-6-18(12-22)10-14(20-26-18)16(23)19-11-13-4-3-9-25-13/h2,5,7,13H,3-4,6,8-12H2,1H3,(H,19,23)/t13-,18+/m1/s1. The Bertz CT molecular complexity index is 737. The number of oxime groups is 1. The molecule has 4 heterocycles. The molecule has 2 amide bonds. The molecule has 2 fully saturated rings. The third kappa shape index (κ3) is 3.21. The highest BCUT2D eigenvalue weighted by atomic mass is 16.7. The van der Waals surface area contributed by atoms with Crippen LogP contribution in [0.3, 0.4) is 0 Å². The summed E-state index contributed by atoms with van der Waals surface area (Å²) in [6, 6.07) is 3.66. The van der Waals surface area contributed by atoms with Crippen molar-refractivity contribution in [3.05, 3.63) is 24.0 Å². The van der Waals surface area contributed by atoms with Crippen LogP contribution >= 0.6 is 0 Å². The Hall–Kier alpha value is -2.35. The Morgan fingerprint density at radius 1 is 1.46 bits per heavy atom. The smallest absolute Gasteiger partial charge is 0.270 e. The molecule has 1 N–H and O–H groups in total. The highest BCUT2D eigenvalue weighted by molar-refractivity contribution is 6.39. The quantitative estimate of drug-likeness (QED) is 0.856. The van der Waals surface area contributed by atoms with E-state index in [9.17, 15) is 9.59 Å². The lowest BCUT2D eigenvalue weighted by Crippen LogP contribution is -2.40. The van der Waals surface area contributed by atoms with E-state index < -0.39 is 5.60 Å². The van der Waals surface area contributed by atoms with E-state index in [0.29, 0.717) is 43.9 Å². The van der Waals surface area contributed by atoms with Gasteiger partial charge in [-0.1, -0.05) is 5.16 Å². The van der Waals surface area contributed by atoms with E-state index in [1.807, 2.05) is 29.9 Å². The van der Waals surface area contributed by atoms with Gasteiger partial charge in [-0.2, -0.15) is 0 Å². The number of nitrogens with zero attached hydrogens (tertiary/aromatic N) is 3. The van der Waals surface area contributed by atoms with E-state index in [-0.39, 0.29) is 17.9 Å². The summed E-state index contributed by atoms with van der Waals surface area (Å²) in [6.07, 6.45) is 5.07. The first kappa shape index (κ1) is 17.1. The molecule has 26 heavy (non-hydrogen) atoms. The van der Waals surface area contributed by atoms with Crippen molar-refractivity contribution in [2.24, 2.45) is 12.2 Å². The van der Waals surface area contributed by atoms with E-state index in [4.69, 9.17) is 9.57 Å². The molecule has 1 aromatic rings. The third-order valence-corrected chi connectivity index (χ3v) is 5.38. The molecule has 2 saturated heterocycles. The number of aryl methyl sites for hydroxylation is 1. The van der Waals surface area contributed by atoms with Crippen molar-refractivity contribution in [2.75, 3.05) is 26.2 Å². The molecular formula is C18H24N4O4. The second-order valence-electron chi connectivity index (χ2n) is 7.32. The van der Waals surface area contributed by atoms with Gasteiger partial charge in [0, 0.05) is 45.8 Å². The lowest BCUT2D eigenvalue weighted by atomic mass is 9.96. The summed E-state index contributed by atoms with van der Waals surface area (Å²) < 4.78 is 7.32. The molecule has 0 saturated carbocycles. The number of carbonyl (C=O) groups excluding carboxylic acids is 2. The number of hydrogen-bond donors (Lipinski definition) is 1. The number of rotatable bonds is 4. The Kier molecular flexibility index (Phi) is 4.44. The Balaban J connectivity index is 1.32. The van der Waals surface area contributed by atoms with Gasteiger partial charge in [0.1, 0.15) is 11.4 Å². The lowest BCUT2D eigenvalue weighted by molar-refractivity contribution is -0.115. The van der Waals surface area contributed by atoms with Crippen molar-refractivity contribution in [1.82, 2.24) is 14.8 Å². The van der Waals surface area contributed by atoms with Crippen molar-refractivity contribution >= 4 is 17.5 Å². The first-order valence-electron chi connectivity index (χ1n) is 9.12. The maximum absolute atomic E-state index is 12.7. The van der Waals surface area contributed by atoms with Gasteiger partial charge >= 0.3 is 0 Å². The molecular weight excluding hydrogens is 336 g/mol. The van der Waals surface area contributed by atoms with Crippen LogP contribution in [-0.4, -0.2) is 64.9 Å². The van der Waals surface area contributed by atoms with Crippen molar-refractivity contribution in [2.45, 2.75) is 37.4 Å². The average molecular weight is 360 g/mol. The van der Waals surface area contributed by atoms with Crippen LogP contribution in [-0.2, 0) is 21.4 Å². The fourth-order valence-electron chi connectivity index (χ4n) is 3.84.